The van der Waals surface area contributed by atoms with Crippen molar-refractivity contribution in [2.75, 3.05) is 6.54 Å². The van der Waals surface area contributed by atoms with E-state index in [1.54, 1.807) is 12.1 Å². The van der Waals surface area contributed by atoms with Gasteiger partial charge in [-0.15, -0.1) is 0 Å². The summed E-state index contributed by atoms with van der Waals surface area (Å²) in [6.07, 6.45) is 0.772. The summed E-state index contributed by atoms with van der Waals surface area (Å²) in [4.78, 5) is 0.328. The summed E-state index contributed by atoms with van der Waals surface area (Å²) in [5.41, 5.74) is 0. The zero-order chi connectivity index (χ0) is 13.2. The first-order valence-electron chi connectivity index (χ1n) is 5.73. The minimum Gasteiger partial charge on any atom is -0.211 e. The van der Waals surface area contributed by atoms with Crippen LogP contribution in [0.1, 0.15) is 13.3 Å². The molecule has 0 radical (unpaired) electrons. The largest absolute Gasteiger partial charge is 0.241 e. The molecule has 0 bridgehead atoms. The molecular weight excluding hydrogens is 314 g/mol. The number of nitrogens with one attached hydrogen (secondary N) is 1. The summed E-state index contributed by atoms with van der Waals surface area (Å²) in [5.74, 6) is 0. The van der Waals surface area contributed by atoms with Gasteiger partial charge in [0.25, 0.3) is 0 Å². The molecule has 5 heteroatoms. The van der Waals surface area contributed by atoms with Crippen LogP contribution in [0.2, 0.25) is 0 Å². The van der Waals surface area contributed by atoms with Crippen molar-refractivity contribution in [3.8, 4) is 0 Å². The minimum atomic E-state index is -3.44. The number of sulfonamides is 1. The zero-order valence-electron chi connectivity index (χ0n) is 9.98. The van der Waals surface area contributed by atoms with E-state index in [-0.39, 0.29) is 0 Å². The third-order valence-electron chi connectivity index (χ3n) is 2.66. The third-order valence-corrected chi connectivity index (χ3v) is 4.87. The van der Waals surface area contributed by atoms with Crippen molar-refractivity contribution in [2.24, 2.45) is 0 Å². The topological polar surface area (TPSA) is 46.2 Å². The summed E-state index contributed by atoms with van der Waals surface area (Å²) in [6, 6.07) is 10.8. The van der Waals surface area contributed by atoms with Crippen molar-refractivity contribution in [2.45, 2.75) is 18.2 Å². The van der Waals surface area contributed by atoms with E-state index in [0.29, 0.717) is 11.4 Å². The van der Waals surface area contributed by atoms with E-state index < -0.39 is 10.0 Å². The zero-order valence-corrected chi connectivity index (χ0v) is 12.4. The maximum Gasteiger partial charge on any atom is 0.241 e. The summed E-state index contributed by atoms with van der Waals surface area (Å²) in [7, 11) is -3.44. The molecule has 0 fully saturated rings. The monoisotopic (exact) mass is 327 g/mol. The number of hydrogen-bond donors (Lipinski definition) is 1. The van der Waals surface area contributed by atoms with Crippen LogP contribution in [-0.4, -0.2) is 15.0 Å². The Morgan fingerprint density at radius 3 is 2.44 bits per heavy atom. The van der Waals surface area contributed by atoms with Gasteiger partial charge in [0.1, 0.15) is 0 Å². The lowest BCUT2D eigenvalue weighted by Gasteiger charge is -2.10. The van der Waals surface area contributed by atoms with E-state index in [1.165, 1.54) is 0 Å². The van der Waals surface area contributed by atoms with Crippen molar-refractivity contribution in [3.63, 3.8) is 0 Å². The van der Waals surface area contributed by atoms with Gasteiger partial charge in [-0.2, -0.15) is 0 Å². The van der Waals surface area contributed by atoms with Crippen LogP contribution in [0, 0.1) is 0 Å². The average molecular weight is 328 g/mol. The fourth-order valence-electron chi connectivity index (χ4n) is 1.78. The van der Waals surface area contributed by atoms with E-state index >= 15 is 0 Å². The van der Waals surface area contributed by atoms with Gasteiger partial charge in [-0.05, 0) is 23.9 Å². The number of rotatable bonds is 4. The third kappa shape index (κ3) is 2.58. The Labute approximate surface area is 115 Å². The minimum absolute atomic E-state index is 0.328. The van der Waals surface area contributed by atoms with E-state index in [9.17, 15) is 8.42 Å². The van der Waals surface area contributed by atoms with Gasteiger partial charge >= 0.3 is 0 Å². The standard InChI is InChI=1S/C13H14BrNO2S/c1-2-9-15-18(16,17)13-8-7-12(14)10-5-3-4-6-11(10)13/h3-8,15H,2,9H2,1H3. The van der Waals surface area contributed by atoms with E-state index in [4.69, 9.17) is 0 Å². The van der Waals surface area contributed by atoms with E-state index in [0.717, 1.165) is 21.7 Å². The molecule has 18 heavy (non-hydrogen) atoms. The van der Waals surface area contributed by atoms with Crippen molar-refractivity contribution in [1.82, 2.24) is 4.72 Å². The van der Waals surface area contributed by atoms with Gasteiger partial charge in [-0.1, -0.05) is 47.1 Å². The lowest BCUT2D eigenvalue weighted by atomic mass is 10.1. The van der Waals surface area contributed by atoms with Crippen molar-refractivity contribution < 1.29 is 8.42 Å². The fraction of sp³-hybridized carbons (Fsp3) is 0.231. The second-order valence-electron chi connectivity index (χ2n) is 3.99. The Morgan fingerprint density at radius 1 is 1.11 bits per heavy atom. The number of halogens is 1. The molecule has 0 atom stereocenters. The molecule has 2 rings (SSSR count). The van der Waals surface area contributed by atoms with Crippen LogP contribution in [0.4, 0.5) is 0 Å². The molecule has 0 aliphatic carbocycles. The fourth-order valence-corrected chi connectivity index (χ4v) is 3.60. The van der Waals surface area contributed by atoms with Gasteiger partial charge in [-0.3, -0.25) is 0 Å². The highest BCUT2D eigenvalue weighted by Crippen LogP contribution is 2.29. The highest BCUT2D eigenvalue weighted by molar-refractivity contribution is 9.10. The second-order valence-corrected chi connectivity index (χ2v) is 6.58. The van der Waals surface area contributed by atoms with Gasteiger partial charge in [-0.25, -0.2) is 13.1 Å². The van der Waals surface area contributed by atoms with Gasteiger partial charge in [0.05, 0.1) is 4.90 Å². The molecular formula is C13H14BrNO2S. The predicted molar refractivity (Wildman–Crippen MR) is 77.1 cm³/mol. The maximum atomic E-state index is 12.2. The Balaban J connectivity index is 2.62. The number of hydrogen-bond acceptors (Lipinski definition) is 2. The normalized spacial score (nSPS) is 11.9. The van der Waals surface area contributed by atoms with Gasteiger partial charge in [0.2, 0.25) is 10.0 Å². The molecule has 0 saturated carbocycles. The van der Waals surface area contributed by atoms with Crippen LogP contribution in [0.25, 0.3) is 10.8 Å². The number of benzene rings is 2. The molecule has 0 aliphatic heterocycles. The van der Waals surface area contributed by atoms with E-state index in [1.807, 2.05) is 31.2 Å². The summed E-state index contributed by atoms with van der Waals surface area (Å²) < 4.78 is 27.9. The van der Waals surface area contributed by atoms with Crippen LogP contribution >= 0.6 is 15.9 Å². The molecule has 2 aromatic rings. The Morgan fingerprint density at radius 2 is 1.78 bits per heavy atom. The molecule has 3 nitrogen and oxygen atoms in total. The lowest BCUT2D eigenvalue weighted by molar-refractivity contribution is 0.581. The average Bonchev–Trinajstić information content (AvgIpc) is 2.37. The highest BCUT2D eigenvalue weighted by atomic mass is 79.9. The smallest absolute Gasteiger partial charge is 0.211 e. The number of fused-ring (bicyclic) bond motifs is 1. The van der Waals surface area contributed by atoms with Crippen LogP contribution in [0.5, 0.6) is 0 Å². The molecule has 96 valence electrons. The summed E-state index contributed by atoms with van der Waals surface area (Å²) in [6.45, 7) is 2.38. The SMILES string of the molecule is CCCNS(=O)(=O)c1ccc(Br)c2ccccc12. The molecule has 0 unspecified atom stereocenters. The molecule has 0 aliphatic rings. The summed E-state index contributed by atoms with van der Waals surface area (Å²) in [5, 5.41) is 1.63. The molecule has 0 heterocycles. The lowest BCUT2D eigenvalue weighted by Crippen LogP contribution is -2.24. The Bertz CT molecular complexity index is 668. The second kappa shape index (κ2) is 5.38. The molecule has 2 aromatic carbocycles. The molecule has 0 spiro atoms. The van der Waals surface area contributed by atoms with Gasteiger partial charge in [0, 0.05) is 16.4 Å². The van der Waals surface area contributed by atoms with E-state index in [2.05, 4.69) is 20.7 Å². The Kier molecular flexibility index (Phi) is 4.04. The Hall–Kier alpha value is -0.910. The van der Waals surface area contributed by atoms with Crippen molar-refractivity contribution in [3.05, 3.63) is 40.9 Å². The van der Waals surface area contributed by atoms with Gasteiger partial charge < -0.3 is 0 Å². The molecule has 1 N–H and O–H groups in total. The van der Waals surface area contributed by atoms with Crippen LogP contribution in [-0.2, 0) is 10.0 Å². The van der Waals surface area contributed by atoms with Gasteiger partial charge in [0.15, 0.2) is 0 Å². The van der Waals surface area contributed by atoms with Crippen LogP contribution in [0.3, 0.4) is 0 Å². The van der Waals surface area contributed by atoms with Crippen LogP contribution < -0.4 is 4.72 Å². The van der Waals surface area contributed by atoms with Crippen molar-refractivity contribution >= 4 is 36.7 Å². The first-order valence-corrected chi connectivity index (χ1v) is 8.01. The molecule has 0 aromatic heterocycles. The maximum absolute atomic E-state index is 12.2. The first-order chi connectivity index (χ1) is 8.56. The molecule has 0 amide bonds. The quantitative estimate of drug-likeness (QED) is 0.936. The highest BCUT2D eigenvalue weighted by Gasteiger charge is 2.17. The predicted octanol–water partition coefficient (Wildman–Crippen LogP) is 3.29. The van der Waals surface area contributed by atoms with Crippen LogP contribution in [0.15, 0.2) is 45.8 Å². The summed E-state index contributed by atoms with van der Waals surface area (Å²) >= 11 is 3.44. The molecule has 0 saturated heterocycles. The van der Waals surface area contributed by atoms with Crippen molar-refractivity contribution in [1.29, 1.82) is 0 Å². The first kappa shape index (κ1) is 13.5.